The van der Waals surface area contributed by atoms with E-state index < -0.39 is 6.04 Å². The second-order valence-corrected chi connectivity index (χ2v) is 9.48. The standard InChI is InChI=1S/C29H27ClN6O3/c1-2-27(37)36-14-6-4-8-25(36)29(38)35-19-9-11-24-22(15-19)28(33-18-32-24)34-20-10-12-26(23(30)16-20)39-17-21-7-3-5-13-31-21/h2-3,5,7,9-13,15-16,18,25H,1,4,6,8,14,17H2,(H,35,38)(H,32,33,34)/t25-/m0/s1. The molecule has 1 aliphatic rings. The number of fused-ring (bicyclic) bond motifs is 1. The lowest BCUT2D eigenvalue weighted by molar-refractivity contribution is -0.136. The number of ether oxygens (including phenoxy) is 1. The number of pyridine rings is 1. The molecule has 1 saturated heterocycles. The van der Waals surface area contributed by atoms with Crippen molar-refractivity contribution in [1.82, 2.24) is 19.9 Å². The third-order valence-electron chi connectivity index (χ3n) is 6.46. The van der Waals surface area contributed by atoms with E-state index >= 15 is 0 Å². The average Bonchev–Trinajstić information content (AvgIpc) is 2.97. The van der Waals surface area contributed by atoms with Crippen LogP contribution in [0.1, 0.15) is 25.0 Å². The van der Waals surface area contributed by atoms with Gasteiger partial charge in [-0.25, -0.2) is 9.97 Å². The molecule has 2 aromatic heterocycles. The summed E-state index contributed by atoms with van der Waals surface area (Å²) in [5.41, 5.74) is 2.79. The summed E-state index contributed by atoms with van der Waals surface area (Å²) in [5.74, 6) is 0.622. The highest BCUT2D eigenvalue weighted by Crippen LogP contribution is 2.31. The van der Waals surface area contributed by atoms with Crippen molar-refractivity contribution in [2.24, 2.45) is 0 Å². The van der Waals surface area contributed by atoms with Gasteiger partial charge in [-0.1, -0.05) is 24.2 Å². The molecule has 10 heteroatoms. The van der Waals surface area contributed by atoms with Crippen LogP contribution in [-0.2, 0) is 16.2 Å². The monoisotopic (exact) mass is 542 g/mol. The fourth-order valence-corrected chi connectivity index (χ4v) is 4.75. The van der Waals surface area contributed by atoms with E-state index in [9.17, 15) is 9.59 Å². The number of piperidine rings is 1. The van der Waals surface area contributed by atoms with E-state index in [2.05, 4.69) is 32.2 Å². The van der Waals surface area contributed by atoms with Gasteiger partial charge in [0.2, 0.25) is 11.8 Å². The summed E-state index contributed by atoms with van der Waals surface area (Å²) in [6.45, 7) is 4.41. The topological polar surface area (TPSA) is 109 Å². The van der Waals surface area contributed by atoms with Crippen molar-refractivity contribution < 1.29 is 14.3 Å². The van der Waals surface area contributed by atoms with Crippen LogP contribution in [0.4, 0.5) is 17.2 Å². The summed E-state index contributed by atoms with van der Waals surface area (Å²) >= 11 is 6.48. The number of carbonyl (C=O) groups excluding carboxylic acids is 2. The van der Waals surface area contributed by atoms with E-state index in [1.165, 1.54) is 12.4 Å². The number of likely N-dealkylation sites (tertiary alicyclic amines) is 1. The first kappa shape index (κ1) is 26.1. The van der Waals surface area contributed by atoms with Crippen LogP contribution in [-0.4, -0.2) is 44.3 Å². The van der Waals surface area contributed by atoms with Gasteiger partial charge < -0.3 is 20.3 Å². The van der Waals surface area contributed by atoms with Crippen molar-refractivity contribution >= 4 is 51.5 Å². The molecule has 39 heavy (non-hydrogen) atoms. The molecular weight excluding hydrogens is 516 g/mol. The van der Waals surface area contributed by atoms with Gasteiger partial charge in [-0.3, -0.25) is 14.6 Å². The lowest BCUT2D eigenvalue weighted by atomic mass is 10.0. The zero-order chi connectivity index (χ0) is 27.2. The minimum absolute atomic E-state index is 0.233. The number of amides is 2. The van der Waals surface area contributed by atoms with E-state index in [1.807, 2.05) is 36.4 Å². The first-order chi connectivity index (χ1) is 19.0. The molecule has 198 valence electrons. The largest absolute Gasteiger partial charge is 0.486 e. The number of hydrogen-bond acceptors (Lipinski definition) is 7. The Morgan fingerprint density at radius 2 is 1.95 bits per heavy atom. The smallest absolute Gasteiger partial charge is 0.247 e. The molecule has 0 saturated carbocycles. The Bertz CT molecular complexity index is 1510. The maximum Gasteiger partial charge on any atom is 0.247 e. The van der Waals surface area contributed by atoms with E-state index in [1.54, 1.807) is 29.3 Å². The normalized spacial score (nSPS) is 15.0. The molecule has 1 aliphatic heterocycles. The van der Waals surface area contributed by atoms with Crippen molar-refractivity contribution in [3.8, 4) is 5.75 Å². The van der Waals surface area contributed by atoms with Crippen molar-refractivity contribution in [3.05, 3.63) is 90.5 Å². The van der Waals surface area contributed by atoms with E-state index in [4.69, 9.17) is 16.3 Å². The minimum atomic E-state index is -0.537. The number of nitrogens with zero attached hydrogens (tertiary/aromatic N) is 4. The highest BCUT2D eigenvalue weighted by Gasteiger charge is 2.31. The average molecular weight is 543 g/mol. The SMILES string of the molecule is C=CC(=O)N1CCCC[C@H]1C(=O)Nc1ccc2ncnc(Nc3ccc(OCc4ccccn4)c(Cl)c3)c2c1. The van der Waals surface area contributed by atoms with E-state index in [0.717, 1.165) is 18.5 Å². The number of hydrogen-bond donors (Lipinski definition) is 2. The number of benzene rings is 2. The van der Waals surface area contributed by atoms with Crippen molar-refractivity contribution in [3.63, 3.8) is 0 Å². The zero-order valence-corrected chi connectivity index (χ0v) is 21.9. The van der Waals surface area contributed by atoms with Crippen molar-refractivity contribution in [2.75, 3.05) is 17.2 Å². The fraction of sp³-hybridized carbons (Fsp3) is 0.207. The second kappa shape index (κ2) is 11.9. The Morgan fingerprint density at radius 3 is 2.74 bits per heavy atom. The van der Waals surface area contributed by atoms with Gasteiger partial charge >= 0.3 is 0 Å². The maximum absolute atomic E-state index is 13.1. The van der Waals surface area contributed by atoms with Crippen LogP contribution in [0.25, 0.3) is 10.9 Å². The van der Waals surface area contributed by atoms with Crippen LogP contribution in [0.2, 0.25) is 5.02 Å². The third-order valence-corrected chi connectivity index (χ3v) is 6.76. The van der Waals surface area contributed by atoms with Gasteiger partial charge in [-0.05, 0) is 73.9 Å². The first-order valence-corrected chi connectivity index (χ1v) is 13.0. The quantitative estimate of drug-likeness (QED) is 0.283. The van der Waals surface area contributed by atoms with Crippen molar-refractivity contribution in [1.29, 1.82) is 0 Å². The number of rotatable bonds is 8. The Balaban J connectivity index is 1.32. The second-order valence-electron chi connectivity index (χ2n) is 9.07. The lowest BCUT2D eigenvalue weighted by Crippen LogP contribution is -2.49. The molecule has 0 radical (unpaired) electrons. The van der Waals surface area contributed by atoms with Crippen molar-refractivity contribution in [2.45, 2.75) is 31.9 Å². The highest BCUT2D eigenvalue weighted by molar-refractivity contribution is 6.32. The van der Waals surface area contributed by atoms with Gasteiger partial charge in [0.15, 0.2) is 0 Å². The Hall–Kier alpha value is -4.50. The molecule has 0 spiro atoms. The van der Waals surface area contributed by atoms with E-state index in [0.29, 0.717) is 58.4 Å². The van der Waals surface area contributed by atoms with Gasteiger partial charge in [0.25, 0.3) is 0 Å². The van der Waals surface area contributed by atoms with Crippen LogP contribution in [0.15, 0.2) is 79.8 Å². The Labute approximate surface area is 230 Å². The minimum Gasteiger partial charge on any atom is -0.486 e. The van der Waals surface area contributed by atoms with Gasteiger partial charge in [0, 0.05) is 29.5 Å². The number of nitrogens with one attached hydrogen (secondary N) is 2. The predicted octanol–water partition coefficient (Wildman–Crippen LogP) is 5.51. The van der Waals surface area contributed by atoms with Gasteiger partial charge in [-0.2, -0.15) is 0 Å². The van der Waals surface area contributed by atoms with Crippen LogP contribution in [0.3, 0.4) is 0 Å². The highest BCUT2D eigenvalue weighted by atomic mass is 35.5. The molecule has 0 aliphatic carbocycles. The third kappa shape index (κ3) is 6.15. The number of halogens is 1. The maximum atomic E-state index is 13.1. The Morgan fingerprint density at radius 1 is 1.08 bits per heavy atom. The molecule has 0 unspecified atom stereocenters. The number of aromatic nitrogens is 3. The van der Waals surface area contributed by atoms with E-state index in [-0.39, 0.29) is 11.8 Å². The molecule has 1 fully saturated rings. The lowest BCUT2D eigenvalue weighted by Gasteiger charge is -2.34. The van der Waals surface area contributed by atoms with Gasteiger partial charge in [0.05, 0.1) is 16.2 Å². The molecule has 2 N–H and O–H groups in total. The van der Waals surface area contributed by atoms with Gasteiger partial charge in [-0.15, -0.1) is 0 Å². The molecule has 4 aromatic rings. The van der Waals surface area contributed by atoms with Crippen LogP contribution in [0, 0.1) is 0 Å². The molecule has 1 atom stereocenters. The molecule has 2 amide bonds. The summed E-state index contributed by atoms with van der Waals surface area (Å²) in [5, 5.41) is 7.39. The molecule has 2 aromatic carbocycles. The number of carbonyl (C=O) groups is 2. The molecule has 9 nitrogen and oxygen atoms in total. The summed E-state index contributed by atoms with van der Waals surface area (Å²) in [6.07, 6.45) is 6.79. The summed E-state index contributed by atoms with van der Waals surface area (Å²) < 4.78 is 5.81. The summed E-state index contributed by atoms with van der Waals surface area (Å²) in [4.78, 5) is 39.9. The molecule has 0 bridgehead atoms. The molecule has 5 rings (SSSR count). The summed E-state index contributed by atoms with van der Waals surface area (Å²) in [7, 11) is 0. The van der Waals surface area contributed by atoms with Gasteiger partial charge in [0.1, 0.15) is 30.5 Å². The zero-order valence-electron chi connectivity index (χ0n) is 21.1. The van der Waals surface area contributed by atoms with Crippen LogP contribution < -0.4 is 15.4 Å². The molecular formula is C29H27ClN6O3. The predicted molar refractivity (Wildman–Crippen MR) is 151 cm³/mol. The summed E-state index contributed by atoms with van der Waals surface area (Å²) in [6, 6.07) is 15.9. The Kier molecular flexibility index (Phi) is 7.98. The fourth-order valence-electron chi connectivity index (χ4n) is 4.51. The number of anilines is 3. The van der Waals surface area contributed by atoms with Crippen LogP contribution >= 0.6 is 11.6 Å². The first-order valence-electron chi connectivity index (χ1n) is 12.6. The van der Waals surface area contributed by atoms with Crippen LogP contribution in [0.5, 0.6) is 5.75 Å². The molecule has 3 heterocycles.